The molecule has 0 aromatic carbocycles. The quantitative estimate of drug-likeness (QED) is 0.794. The molecule has 1 aliphatic rings. The van der Waals surface area contributed by atoms with E-state index in [1.165, 1.54) is 31.2 Å². The summed E-state index contributed by atoms with van der Waals surface area (Å²) in [6, 6.07) is 2.87. The molecule has 1 aliphatic carbocycles. The fourth-order valence-corrected chi connectivity index (χ4v) is 3.57. The first-order chi connectivity index (χ1) is 7.90. The van der Waals surface area contributed by atoms with Crippen molar-refractivity contribution in [1.82, 2.24) is 5.32 Å². The molecule has 0 amide bonds. The number of hydrogen-bond acceptors (Lipinski definition) is 2. The molecule has 3 heteroatoms. The Hall–Kier alpha value is -0.0500. The summed E-state index contributed by atoms with van der Waals surface area (Å²) in [5, 5.41) is 8.07. The van der Waals surface area contributed by atoms with Crippen LogP contribution in [0.4, 0.5) is 0 Å². The summed E-state index contributed by atoms with van der Waals surface area (Å²) in [6.45, 7) is 1.09. The standard InChI is InChI=1S/C13H20ClNS/c14-9-12-3-1-2-4-13(12)15-7-5-11-6-8-16-10-11/h6,8,10,12-13,15H,1-5,7,9H2. The summed E-state index contributed by atoms with van der Waals surface area (Å²) in [5.74, 6) is 1.51. The molecule has 1 nitrogen and oxygen atoms in total. The van der Waals surface area contributed by atoms with E-state index >= 15 is 0 Å². The smallest absolute Gasteiger partial charge is 0.0266 e. The summed E-state index contributed by atoms with van der Waals surface area (Å²) in [7, 11) is 0. The highest BCUT2D eigenvalue weighted by Crippen LogP contribution is 2.25. The van der Waals surface area contributed by atoms with Crippen molar-refractivity contribution in [3.8, 4) is 0 Å². The van der Waals surface area contributed by atoms with Crippen LogP contribution in [0.15, 0.2) is 16.8 Å². The maximum Gasteiger partial charge on any atom is 0.0266 e. The molecule has 1 N–H and O–H groups in total. The van der Waals surface area contributed by atoms with Gasteiger partial charge in [0.2, 0.25) is 0 Å². The summed E-state index contributed by atoms with van der Waals surface area (Å²) in [5.41, 5.74) is 1.45. The molecule has 1 heterocycles. The van der Waals surface area contributed by atoms with Crippen molar-refractivity contribution < 1.29 is 0 Å². The number of halogens is 1. The van der Waals surface area contributed by atoms with Gasteiger partial charge in [-0.3, -0.25) is 0 Å². The minimum Gasteiger partial charge on any atom is -0.313 e. The second-order valence-electron chi connectivity index (χ2n) is 4.64. The van der Waals surface area contributed by atoms with E-state index in [1.54, 1.807) is 11.3 Å². The Morgan fingerprint density at radius 2 is 2.25 bits per heavy atom. The van der Waals surface area contributed by atoms with Crippen molar-refractivity contribution in [2.24, 2.45) is 5.92 Å². The zero-order valence-electron chi connectivity index (χ0n) is 9.62. The SMILES string of the molecule is ClCC1CCCCC1NCCc1ccsc1. The van der Waals surface area contributed by atoms with Gasteiger partial charge in [0.05, 0.1) is 0 Å². The molecular formula is C13H20ClNS. The molecule has 0 saturated heterocycles. The van der Waals surface area contributed by atoms with Gasteiger partial charge in [0.25, 0.3) is 0 Å². The lowest BCUT2D eigenvalue weighted by atomic mass is 9.86. The maximum atomic E-state index is 6.02. The van der Waals surface area contributed by atoms with Crippen LogP contribution in [0.25, 0.3) is 0 Å². The van der Waals surface area contributed by atoms with E-state index in [9.17, 15) is 0 Å². The molecule has 1 aromatic rings. The first kappa shape index (κ1) is 12.4. The third-order valence-electron chi connectivity index (χ3n) is 3.51. The van der Waals surface area contributed by atoms with Crippen LogP contribution >= 0.6 is 22.9 Å². The van der Waals surface area contributed by atoms with E-state index in [-0.39, 0.29) is 0 Å². The molecule has 0 bridgehead atoms. The van der Waals surface area contributed by atoms with Gasteiger partial charge in [0.1, 0.15) is 0 Å². The Morgan fingerprint density at radius 3 is 3.00 bits per heavy atom. The molecule has 2 unspecified atom stereocenters. The van der Waals surface area contributed by atoms with E-state index in [0.717, 1.165) is 18.8 Å². The van der Waals surface area contributed by atoms with Crippen LogP contribution in [0.2, 0.25) is 0 Å². The second-order valence-corrected chi connectivity index (χ2v) is 5.73. The molecule has 2 atom stereocenters. The highest BCUT2D eigenvalue weighted by molar-refractivity contribution is 7.07. The van der Waals surface area contributed by atoms with Crippen LogP contribution < -0.4 is 5.32 Å². The van der Waals surface area contributed by atoms with Crippen LogP contribution in [-0.4, -0.2) is 18.5 Å². The fraction of sp³-hybridized carbons (Fsp3) is 0.692. The minimum atomic E-state index is 0.657. The van der Waals surface area contributed by atoms with Crippen molar-refractivity contribution in [2.45, 2.75) is 38.1 Å². The Balaban J connectivity index is 1.71. The van der Waals surface area contributed by atoms with Gasteiger partial charge in [-0.1, -0.05) is 12.8 Å². The highest BCUT2D eigenvalue weighted by atomic mass is 35.5. The largest absolute Gasteiger partial charge is 0.313 e. The van der Waals surface area contributed by atoms with Gasteiger partial charge in [-0.25, -0.2) is 0 Å². The third-order valence-corrected chi connectivity index (χ3v) is 4.64. The van der Waals surface area contributed by atoms with E-state index < -0.39 is 0 Å². The Bertz CT molecular complexity index is 286. The number of nitrogens with one attached hydrogen (secondary N) is 1. The predicted molar refractivity (Wildman–Crippen MR) is 72.5 cm³/mol. The molecule has 0 aliphatic heterocycles. The number of rotatable bonds is 5. The minimum absolute atomic E-state index is 0.657. The van der Waals surface area contributed by atoms with Gasteiger partial charge >= 0.3 is 0 Å². The fourth-order valence-electron chi connectivity index (χ4n) is 2.50. The number of alkyl halides is 1. The molecule has 1 aromatic heterocycles. The van der Waals surface area contributed by atoms with Gasteiger partial charge in [-0.2, -0.15) is 11.3 Å². The van der Waals surface area contributed by atoms with Crippen molar-refractivity contribution in [3.05, 3.63) is 22.4 Å². The van der Waals surface area contributed by atoms with E-state index in [1.807, 2.05) is 0 Å². The molecule has 90 valence electrons. The monoisotopic (exact) mass is 257 g/mol. The second kappa shape index (κ2) is 6.63. The van der Waals surface area contributed by atoms with E-state index in [4.69, 9.17) is 11.6 Å². The zero-order valence-corrected chi connectivity index (χ0v) is 11.2. The molecule has 2 rings (SSSR count). The molecule has 1 saturated carbocycles. The molecule has 0 radical (unpaired) electrons. The van der Waals surface area contributed by atoms with Gasteiger partial charge in [-0.05, 0) is 54.1 Å². The lowest BCUT2D eigenvalue weighted by Gasteiger charge is -2.31. The highest BCUT2D eigenvalue weighted by Gasteiger charge is 2.23. The van der Waals surface area contributed by atoms with Gasteiger partial charge in [0.15, 0.2) is 0 Å². The van der Waals surface area contributed by atoms with Gasteiger partial charge < -0.3 is 5.32 Å². The topological polar surface area (TPSA) is 12.0 Å². The maximum absolute atomic E-state index is 6.02. The Labute approximate surface area is 107 Å². The van der Waals surface area contributed by atoms with Crippen molar-refractivity contribution >= 4 is 22.9 Å². The molecule has 16 heavy (non-hydrogen) atoms. The normalized spacial score (nSPS) is 25.8. The number of hydrogen-bond donors (Lipinski definition) is 1. The van der Waals surface area contributed by atoms with Crippen LogP contribution in [0.3, 0.4) is 0 Å². The Kier molecular flexibility index (Phi) is 5.14. The third kappa shape index (κ3) is 3.47. The van der Waals surface area contributed by atoms with Crippen LogP contribution in [0, 0.1) is 5.92 Å². The van der Waals surface area contributed by atoms with Gasteiger partial charge in [-0.15, -0.1) is 11.6 Å². The van der Waals surface area contributed by atoms with Crippen molar-refractivity contribution in [3.63, 3.8) is 0 Å². The summed E-state index contributed by atoms with van der Waals surface area (Å²) < 4.78 is 0. The molecule has 0 spiro atoms. The van der Waals surface area contributed by atoms with Crippen molar-refractivity contribution in [1.29, 1.82) is 0 Å². The van der Waals surface area contributed by atoms with E-state index in [0.29, 0.717) is 12.0 Å². The average molecular weight is 258 g/mol. The van der Waals surface area contributed by atoms with Crippen LogP contribution in [0.5, 0.6) is 0 Å². The van der Waals surface area contributed by atoms with Crippen molar-refractivity contribution in [2.75, 3.05) is 12.4 Å². The zero-order chi connectivity index (χ0) is 11.2. The first-order valence-electron chi connectivity index (χ1n) is 6.20. The Morgan fingerprint density at radius 1 is 1.38 bits per heavy atom. The predicted octanol–water partition coefficient (Wildman–Crippen LogP) is 3.68. The summed E-state index contributed by atoms with van der Waals surface area (Å²) in [6.07, 6.45) is 6.49. The van der Waals surface area contributed by atoms with E-state index in [2.05, 4.69) is 22.1 Å². The first-order valence-corrected chi connectivity index (χ1v) is 7.68. The number of thiophene rings is 1. The lowest BCUT2D eigenvalue weighted by Crippen LogP contribution is -2.40. The molecular weight excluding hydrogens is 238 g/mol. The average Bonchev–Trinajstić information content (AvgIpc) is 2.83. The summed E-state index contributed by atoms with van der Waals surface area (Å²) >= 11 is 7.80. The molecule has 1 fully saturated rings. The summed E-state index contributed by atoms with van der Waals surface area (Å²) in [4.78, 5) is 0. The van der Waals surface area contributed by atoms with Crippen LogP contribution in [-0.2, 0) is 6.42 Å². The lowest BCUT2D eigenvalue weighted by molar-refractivity contribution is 0.285. The van der Waals surface area contributed by atoms with Gasteiger partial charge in [0, 0.05) is 11.9 Å². The van der Waals surface area contributed by atoms with Crippen LogP contribution in [0.1, 0.15) is 31.2 Å².